The summed E-state index contributed by atoms with van der Waals surface area (Å²) in [6, 6.07) is 12.7. The quantitative estimate of drug-likeness (QED) is 0.793. The maximum Gasteiger partial charge on any atom is 0.494 e. The smallest absolute Gasteiger partial charge is 0.399 e. The number of hydrogen-bond acceptors (Lipinski definition) is 2. The van der Waals surface area contributed by atoms with Crippen LogP contribution in [0.3, 0.4) is 0 Å². The molecular formula is C18H24BNO2. The molecule has 0 unspecified atom stereocenters. The average Bonchev–Trinajstić information content (AvgIpc) is 2.87. The first-order valence-electron chi connectivity index (χ1n) is 7.82. The van der Waals surface area contributed by atoms with Gasteiger partial charge in [-0.1, -0.05) is 12.1 Å². The summed E-state index contributed by atoms with van der Waals surface area (Å²) in [7, 11) is -0.300. The first-order chi connectivity index (χ1) is 10.2. The van der Waals surface area contributed by atoms with E-state index in [0.717, 1.165) is 5.46 Å². The highest BCUT2D eigenvalue weighted by Crippen LogP contribution is 2.36. The fraction of sp³-hybridized carbons (Fsp3) is 0.444. The zero-order chi connectivity index (χ0) is 16.1. The van der Waals surface area contributed by atoms with E-state index in [0.29, 0.717) is 0 Å². The van der Waals surface area contributed by atoms with Gasteiger partial charge in [0.05, 0.1) is 11.2 Å². The molecule has 0 bridgehead atoms. The molecule has 1 aliphatic heterocycles. The molecule has 3 nitrogen and oxygen atoms in total. The molecule has 0 radical (unpaired) electrons. The van der Waals surface area contributed by atoms with Crippen LogP contribution in [-0.2, 0) is 9.31 Å². The molecule has 0 N–H and O–H groups in total. The van der Waals surface area contributed by atoms with Crippen molar-refractivity contribution in [1.29, 1.82) is 0 Å². The van der Waals surface area contributed by atoms with Crippen LogP contribution >= 0.6 is 0 Å². The lowest BCUT2D eigenvalue weighted by Crippen LogP contribution is -2.41. The lowest BCUT2D eigenvalue weighted by atomic mass is 9.79. The van der Waals surface area contributed by atoms with Gasteiger partial charge in [0.1, 0.15) is 0 Å². The topological polar surface area (TPSA) is 23.4 Å². The first-order valence-corrected chi connectivity index (χ1v) is 7.82. The van der Waals surface area contributed by atoms with E-state index in [1.165, 1.54) is 17.1 Å². The summed E-state index contributed by atoms with van der Waals surface area (Å²) in [6.07, 6.45) is 0. The molecular weight excluding hydrogens is 273 g/mol. The Balaban J connectivity index is 1.87. The molecule has 4 heteroatoms. The second kappa shape index (κ2) is 5.00. The molecule has 2 aromatic rings. The SMILES string of the molecule is Cc1ccc(C)n1-c1ccc(B2OC(C)(C)C(C)(C)O2)cc1. The largest absolute Gasteiger partial charge is 0.494 e. The van der Waals surface area contributed by atoms with E-state index in [1.807, 2.05) is 0 Å². The van der Waals surface area contributed by atoms with Crippen molar-refractivity contribution in [3.05, 3.63) is 47.8 Å². The van der Waals surface area contributed by atoms with E-state index in [9.17, 15) is 0 Å². The van der Waals surface area contributed by atoms with Gasteiger partial charge in [-0.05, 0) is 71.3 Å². The van der Waals surface area contributed by atoms with Crippen molar-refractivity contribution in [1.82, 2.24) is 4.57 Å². The van der Waals surface area contributed by atoms with Crippen LogP contribution in [-0.4, -0.2) is 22.9 Å². The lowest BCUT2D eigenvalue weighted by Gasteiger charge is -2.32. The summed E-state index contributed by atoms with van der Waals surface area (Å²) < 4.78 is 14.4. The monoisotopic (exact) mass is 297 g/mol. The maximum absolute atomic E-state index is 6.10. The highest BCUT2D eigenvalue weighted by molar-refractivity contribution is 6.62. The Hall–Kier alpha value is -1.52. The number of benzene rings is 1. The summed E-state index contributed by atoms with van der Waals surface area (Å²) in [5, 5.41) is 0. The van der Waals surface area contributed by atoms with Gasteiger partial charge in [0.2, 0.25) is 0 Å². The van der Waals surface area contributed by atoms with Crippen molar-refractivity contribution in [2.45, 2.75) is 52.7 Å². The molecule has 3 rings (SSSR count). The van der Waals surface area contributed by atoms with Crippen LogP contribution in [0.4, 0.5) is 0 Å². The summed E-state index contributed by atoms with van der Waals surface area (Å²) in [4.78, 5) is 0. The van der Waals surface area contributed by atoms with Gasteiger partial charge in [-0.15, -0.1) is 0 Å². The Morgan fingerprint density at radius 1 is 0.773 bits per heavy atom. The van der Waals surface area contributed by atoms with Crippen molar-refractivity contribution in [3.8, 4) is 5.69 Å². The molecule has 0 amide bonds. The van der Waals surface area contributed by atoms with Gasteiger partial charge in [0.25, 0.3) is 0 Å². The number of nitrogens with zero attached hydrogens (tertiary/aromatic N) is 1. The second-order valence-electron chi connectivity index (χ2n) is 7.13. The van der Waals surface area contributed by atoms with Gasteiger partial charge in [0, 0.05) is 17.1 Å². The lowest BCUT2D eigenvalue weighted by molar-refractivity contribution is 0.00578. The number of aryl methyl sites for hydroxylation is 2. The number of hydrogen-bond donors (Lipinski definition) is 0. The average molecular weight is 297 g/mol. The molecule has 0 spiro atoms. The van der Waals surface area contributed by atoms with Crippen LogP contribution in [0.2, 0.25) is 0 Å². The van der Waals surface area contributed by atoms with Gasteiger partial charge in [-0.25, -0.2) is 0 Å². The molecule has 1 aromatic carbocycles. The summed E-state index contributed by atoms with van der Waals surface area (Å²) in [6.45, 7) is 12.5. The molecule has 116 valence electrons. The molecule has 22 heavy (non-hydrogen) atoms. The van der Waals surface area contributed by atoms with Gasteiger partial charge in [0.15, 0.2) is 0 Å². The van der Waals surface area contributed by atoms with E-state index in [4.69, 9.17) is 9.31 Å². The summed E-state index contributed by atoms with van der Waals surface area (Å²) in [5.41, 5.74) is 4.10. The Bertz CT molecular complexity index is 650. The van der Waals surface area contributed by atoms with Crippen LogP contribution in [0.5, 0.6) is 0 Å². The number of aromatic nitrogens is 1. The zero-order valence-corrected chi connectivity index (χ0v) is 14.3. The van der Waals surface area contributed by atoms with E-state index < -0.39 is 0 Å². The van der Waals surface area contributed by atoms with Crippen LogP contribution in [0, 0.1) is 13.8 Å². The maximum atomic E-state index is 6.10. The second-order valence-corrected chi connectivity index (χ2v) is 7.13. The van der Waals surface area contributed by atoms with Gasteiger partial charge in [-0.2, -0.15) is 0 Å². The first kappa shape index (κ1) is 15.4. The van der Waals surface area contributed by atoms with E-state index in [1.54, 1.807) is 0 Å². The fourth-order valence-corrected chi connectivity index (χ4v) is 2.84. The van der Waals surface area contributed by atoms with Crippen LogP contribution in [0.1, 0.15) is 39.1 Å². The Morgan fingerprint density at radius 3 is 1.68 bits per heavy atom. The zero-order valence-electron chi connectivity index (χ0n) is 14.3. The predicted molar refractivity (Wildman–Crippen MR) is 91.0 cm³/mol. The molecule has 1 aromatic heterocycles. The van der Waals surface area contributed by atoms with E-state index in [-0.39, 0.29) is 18.3 Å². The minimum Gasteiger partial charge on any atom is -0.399 e. The van der Waals surface area contributed by atoms with Crippen LogP contribution < -0.4 is 5.46 Å². The van der Waals surface area contributed by atoms with Crippen molar-refractivity contribution >= 4 is 12.6 Å². The Labute approximate surface area is 133 Å². The normalized spacial score (nSPS) is 19.6. The molecule has 1 fully saturated rings. The van der Waals surface area contributed by atoms with Crippen molar-refractivity contribution < 1.29 is 9.31 Å². The minimum atomic E-state index is -0.302. The third-order valence-electron chi connectivity index (χ3n) is 4.95. The number of rotatable bonds is 2. The van der Waals surface area contributed by atoms with Gasteiger partial charge < -0.3 is 13.9 Å². The minimum absolute atomic E-state index is 0.300. The third kappa shape index (κ3) is 2.40. The highest BCUT2D eigenvalue weighted by atomic mass is 16.7. The van der Waals surface area contributed by atoms with Crippen LogP contribution in [0.15, 0.2) is 36.4 Å². The summed E-state index contributed by atoms with van der Waals surface area (Å²) in [5.74, 6) is 0. The van der Waals surface area contributed by atoms with E-state index >= 15 is 0 Å². The molecule has 1 saturated heterocycles. The van der Waals surface area contributed by atoms with Crippen molar-refractivity contribution in [2.75, 3.05) is 0 Å². The molecule has 0 atom stereocenters. The third-order valence-corrected chi connectivity index (χ3v) is 4.95. The Kier molecular flexibility index (Phi) is 3.50. The van der Waals surface area contributed by atoms with Gasteiger partial charge in [-0.3, -0.25) is 0 Å². The van der Waals surface area contributed by atoms with Gasteiger partial charge >= 0.3 is 7.12 Å². The molecule has 0 saturated carbocycles. The van der Waals surface area contributed by atoms with Crippen molar-refractivity contribution in [3.63, 3.8) is 0 Å². The van der Waals surface area contributed by atoms with Crippen molar-refractivity contribution in [2.24, 2.45) is 0 Å². The van der Waals surface area contributed by atoms with Crippen LogP contribution in [0.25, 0.3) is 5.69 Å². The molecule has 1 aliphatic rings. The highest BCUT2D eigenvalue weighted by Gasteiger charge is 2.51. The molecule has 0 aliphatic carbocycles. The summed E-state index contributed by atoms with van der Waals surface area (Å²) >= 11 is 0. The molecule has 2 heterocycles. The van der Waals surface area contributed by atoms with E-state index in [2.05, 4.69) is 82.5 Å². The fourth-order valence-electron chi connectivity index (χ4n) is 2.84. The standard InChI is InChI=1S/C18H24BNO2/c1-13-7-8-14(2)20(13)16-11-9-15(10-12-16)19-21-17(3,4)18(5,6)22-19/h7-12H,1-6H3. The predicted octanol–water partition coefficient (Wildman–Crippen LogP) is 3.39. The Morgan fingerprint density at radius 2 is 1.23 bits per heavy atom.